The maximum atomic E-state index is 13.4. The average Bonchev–Trinajstić information content (AvgIpc) is 3.13. The molecule has 1 heterocycles. The van der Waals surface area contributed by atoms with Crippen molar-refractivity contribution in [2.24, 2.45) is 0 Å². The highest BCUT2D eigenvalue weighted by molar-refractivity contribution is 5.92. The molecule has 0 saturated carbocycles. The van der Waals surface area contributed by atoms with E-state index in [1.165, 1.54) is 12.1 Å². The van der Waals surface area contributed by atoms with Crippen molar-refractivity contribution in [3.8, 4) is 17.0 Å². The Hall–Kier alpha value is -3.61. The summed E-state index contributed by atoms with van der Waals surface area (Å²) in [7, 11) is 1.60. The Kier molecular flexibility index (Phi) is 7.65. The predicted molar refractivity (Wildman–Crippen MR) is 120 cm³/mol. The third-order valence-electron chi connectivity index (χ3n) is 5.19. The van der Waals surface area contributed by atoms with Crippen LogP contribution in [0.25, 0.3) is 11.3 Å². The molecule has 0 aliphatic rings. The van der Waals surface area contributed by atoms with Crippen LogP contribution in [0.15, 0.2) is 54.6 Å². The lowest BCUT2D eigenvalue weighted by Gasteiger charge is -2.13. The second-order valence-corrected chi connectivity index (χ2v) is 7.29. The van der Waals surface area contributed by atoms with E-state index in [2.05, 4.69) is 5.32 Å². The number of halogens is 1. The molecule has 0 saturated heterocycles. The Morgan fingerprint density at radius 1 is 1.09 bits per heavy atom. The van der Waals surface area contributed by atoms with Gasteiger partial charge in [0.15, 0.2) is 0 Å². The summed E-state index contributed by atoms with van der Waals surface area (Å²) < 4.78 is 25.7. The fourth-order valence-corrected chi connectivity index (χ4v) is 3.49. The fourth-order valence-electron chi connectivity index (χ4n) is 3.49. The van der Waals surface area contributed by atoms with Crippen LogP contribution in [0.4, 0.5) is 4.39 Å². The van der Waals surface area contributed by atoms with Gasteiger partial charge in [0.05, 0.1) is 19.3 Å². The van der Waals surface area contributed by atoms with Gasteiger partial charge in [-0.3, -0.25) is 4.79 Å². The van der Waals surface area contributed by atoms with Crippen LogP contribution in [-0.2, 0) is 22.6 Å². The zero-order valence-electron chi connectivity index (χ0n) is 18.5. The molecule has 1 N–H and O–H groups in total. The van der Waals surface area contributed by atoms with Crippen LogP contribution in [0.3, 0.4) is 0 Å². The summed E-state index contributed by atoms with van der Waals surface area (Å²) in [6, 6.07) is 15.3. The van der Waals surface area contributed by atoms with E-state index in [4.69, 9.17) is 9.47 Å². The number of rotatable bonds is 9. The first-order valence-corrected chi connectivity index (χ1v) is 10.5. The van der Waals surface area contributed by atoms with Crippen LogP contribution >= 0.6 is 0 Å². The molecule has 0 radical (unpaired) electrons. The highest BCUT2D eigenvalue weighted by atomic mass is 19.1. The minimum atomic E-state index is -0.422. The molecular formula is C25H27FN2O4. The van der Waals surface area contributed by atoms with E-state index in [1.807, 2.05) is 35.8 Å². The van der Waals surface area contributed by atoms with Gasteiger partial charge in [-0.05, 0) is 67.4 Å². The quantitative estimate of drug-likeness (QED) is 0.500. The van der Waals surface area contributed by atoms with Crippen LogP contribution < -0.4 is 10.1 Å². The van der Waals surface area contributed by atoms with E-state index in [0.29, 0.717) is 24.3 Å². The molecule has 0 aliphatic heterocycles. The average molecular weight is 438 g/mol. The molecule has 6 nitrogen and oxygen atoms in total. The smallest absolute Gasteiger partial charge is 0.339 e. The van der Waals surface area contributed by atoms with Crippen molar-refractivity contribution < 1.29 is 23.5 Å². The number of carbonyl (C=O) groups excluding carboxylic acids is 2. The van der Waals surface area contributed by atoms with Crippen LogP contribution in [-0.4, -0.2) is 30.2 Å². The van der Waals surface area contributed by atoms with Crippen molar-refractivity contribution >= 4 is 11.9 Å². The minimum Gasteiger partial charge on any atom is -0.497 e. The van der Waals surface area contributed by atoms with Gasteiger partial charge in [0, 0.05) is 30.9 Å². The number of nitrogens with one attached hydrogen (secondary N) is 1. The Morgan fingerprint density at radius 3 is 2.53 bits per heavy atom. The second-order valence-electron chi connectivity index (χ2n) is 7.29. The van der Waals surface area contributed by atoms with E-state index < -0.39 is 5.97 Å². The van der Waals surface area contributed by atoms with Crippen molar-refractivity contribution in [2.45, 2.75) is 33.4 Å². The first kappa shape index (κ1) is 23.1. The number of hydrogen-bond donors (Lipinski definition) is 1. The zero-order chi connectivity index (χ0) is 23.1. The van der Waals surface area contributed by atoms with Crippen LogP contribution in [0, 0.1) is 12.7 Å². The van der Waals surface area contributed by atoms with Crippen molar-refractivity contribution in [1.82, 2.24) is 9.88 Å². The van der Waals surface area contributed by atoms with Gasteiger partial charge in [0.25, 0.3) is 0 Å². The van der Waals surface area contributed by atoms with E-state index >= 15 is 0 Å². The van der Waals surface area contributed by atoms with Gasteiger partial charge in [-0.25, -0.2) is 9.18 Å². The first-order valence-electron chi connectivity index (χ1n) is 10.5. The Labute approximate surface area is 187 Å². The summed E-state index contributed by atoms with van der Waals surface area (Å²) in [6.45, 7) is 4.58. The fraction of sp³-hybridized carbons (Fsp3) is 0.280. The number of aromatic nitrogens is 1. The summed E-state index contributed by atoms with van der Waals surface area (Å²) in [6.07, 6.45) is 0.218. The summed E-state index contributed by atoms with van der Waals surface area (Å²) in [5.41, 5.74) is 3.55. The zero-order valence-corrected chi connectivity index (χ0v) is 18.5. The molecule has 1 amide bonds. The van der Waals surface area contributed by atoms with Gasteiger partial charge in [-0.15, -0.1) is 0 Å². The van der Waals surface area contributed by atoms with Crippen LogP contribution in [0.2, 0.25) is 0 Å². The lowest BCUT2D eigenvalue weighted by molar-refractivity contribution is -0.121. The number of esters is 1. The summed E-state index contributed by atoms with van der Waals surface area (Å²) in [5.74, 6) is -0.153. The van der Waals surface area contributed by atoms with E-state index in [-0.39, 0.29) is 24.8 Å². The Balaban J connectivity index is 1.75. The molecule has 2 aromatic carbocycles. The van der Waals surface area contributed by atoms with Crippen LogP contribution in [0.5, 0.6) is 5.75 Å². The monoisotopic (exact) mass is 438 g/mol. The molecule has 3 rings (SSSR count). The highest BCUT2D eigenvalue weighted by Crippen LogP contribution is 2.27. The molecule has 0 spiro atoms. The van der Waals surface area contributed by atoms with Crippen LogP contribution in [0.1, 0.15) is 35.0 Å². The number of nitrogens with zero attached hydrogens (tertiary/aromatic N) is 1. The van der Waals surface area contributed by atoms with Gasteiger partial charge < -0.3 is 19.4 Å². The molecule has 7 heteroatoms. The summed E-state index contributed by atoms with van der Waals surface area (Å²) in [5, 5.41) is 2.91. The molecule has 3 aromatic rings. The SMILES string of the molecule is CCOC(=O)c1cc(-c2ccc(F)cc2)n(CCC(=O)NCc2cccc(OC)c2)c1C. The normalized spacial score (nSPS) is 10.6. The van der Waals surface area contributed by atoms with Crippen molar-refractivity contribution in [3.63, 3.8) is 0 Å². The highest BCUT2D eigenvalue weighted by Gasteiger charge is 2.20. The number of amides is 1. The first-order chi connectivity index (χ1) is 15.4. The number of benzene rings is 2. The molecule has 0 unspecified atom stereocenters. The number of hydrogen-bond acceptors (Lipinski definition) is 4. The number of carbonyl (C=O) groups is 2. The predicted octanol–water partition coefficient (Wildman–Crippen LogP) is 4.49. The maximum absolute atomic E-state index is 13.4. The number of methoxy groups -OCH3 is 1. The van der Waals surface area contributed by atoms with Crippen molar-refractivity contribution in [2.75, 3.05) is 13.7 Å². The molecule has 0 atom stereocenters. The minimum absolute atomic E-state index is 0.122. The van der Waals surface area contributed by atoms with Crippen molar-refractivity contribution in [1.29, 1.82) is 0 Å². The van der Waals surface area contributed by atoms with E-state index in [9.17, 15) is 14.0 Å². The van der Waals surface area contributed by atoms with Gasteiger partial charge in [0.2, 0.25) is 5.91 Å². The third-order valence-corrected chi connectivity index (χ3v) is 5.19. The van der Waals surface area contributed by atoms with E-state index in [1.54, 1.807) is 32.2 Å². The maximum Gasteiger partial charge on any atom is 0.339 e. The molecule has 168 valence electrons. The number of ether oxygens (including phenoxy) is 2. The largest absolute Gasteiger partial charge is 0.497 e. The molecule has 1 aromatic heterocycles. The Morgan fingerprint density at radius 2 is 1.84 bits per heavy atom. The molecule has 0 aliphatic carbocycles. The van der Waals surface area contributed by atoms with Gasteiger partial charge >= 0.3 is 5.97 Å². The van der Waals surface area contributed by atoms with Crippen molar-refractivity contribution in [3.05, 3.63) is 77.2 Å². The molecular weight excluding hydrogens is 411 g/mol. The van der Waals surface area contributed by atoms with E-state index in [0.717, 1.165) is 22.6 Å². The molecule has 32 heavy (non-hydrogen) atoms. The topological polar surface area (TPSA) is 69.6 Å². The van der Waals surface area contributed by atoms with Gasteiger partial charge in [-0.1, -0.05) is 12.1 Å². The second kappa shape index (κ2) is 10.6. The molecule has 0 fully saturated rings. The third kappa shape index (κ3) is 5.55. The standard InChI is InChI=1S/C25H27FN2O4/c1-4-32-25(30)22-15-23(19-8-10-20(26)11-9-19)28(17(22)2)13-12-24(29)27-16-18-6-5-7-21(14-18)31-3/h5-11,14-15H,4,12-13,16H2,1-3H3,(H,27,29). The lowest BCUT2D eigenvalue weighted by atomic mass is 10.1. The Bertz CT molecular complexity index is 1090. The molecule has 0 bridgehead atoms. The summed E-state index contributed by atoms with van der Waals surface area (Å²) in [4.78, 5) is 24.9. The van der Waals surface area contributed by atoms with Gasteiger partial charge in [0.1, 0.15) is 11.6 Å². The van der Waals surface area contributed by atoms with Gasteiger partial charge in [-0.2, -0.15) is 0 Å². The lowest BCUT2D eigenvalue weighted by Crippen LogP contribution is -2.24. The summed E-state index contributed by atoms with van der Waals surface area (Å²) >= 11 is 0.